The average molecular weight is 419 g/mol. The second kappa shape index (κ2) is 7.49. The first-order chi connectivity index (χ1) is 14.2. The molecule has 2 amide bonds. The van der Waals surface area contributed by atoms with E-state index in [0.717, 1.165) is 18.1 Å². The van der Waals surface area contributed by atoms with Gasteiger partial charge in [-0.05, 0) is 49.0 Å². The van der Waals surface area contributed by atoms with Crippen molar-refractivity contribution in [1.82, 2.24) is 5.32 Å². The van der Waals surface area contributed by atoms with Crippen LogP contribution in [-0.4, -0.2) is 36.9 Å². The third-order valence-electron chi connectivity index (χ3n) is 6.24. The van der Waals surface area contributed by atoms with Crippen molar-refractivity contribution in [2.45, 2.75) is 50.5 Å². The molecule has 3 aliphatic rings. The van der Waals surface area contributed by atoms with Crippen LogP contribution >= 0.6 is 0 Å². The zero-order valence-electron chi connectivity index (χ0n) is 16.6. The number of primary amides is 1. The molecule has 0 unspecified atom stereocenters. The maximum absolute atomic E-state index is 15.3. The molecule has 1 saturated heterocycles. The monoisotopic (exact) mass is 419 g/mol. The summed E-state index contributed by atoms with van der Waals surface area (Å²) in [6.07, 6.45) is 2.46. The minimum Gasteiger partial charge on any atom is -0.367 e. The zero-order valence-corrected chi connectivity index (χ0v) is 16.6. The lowest BCUT2D eigenvalue weighted by Crippen LogP contribution is -2.48. The van der Waals surface area contributed by atoms with Crippen molar-refractivity contribution in [1.29, 1.82) is 0 Å². The van der Waals surface area contributed by atoms with E-state index in [4.69, 9.17) is 5.73 Å². The number of allylic oxidation sites excluding steroid dienone is 2. The molecule has 1 aromatic carbocycles. The van der Waals surface area contributed by atoms with Crippen LogP contribution in [-0.2, 0) is 11.2 Å². The number of piperidine rings is 1. The van der Waals surface area contributed by atoms with Crippen LogP contribution in [0.25, 0.3) is 5.57 Å². The molecule has 3 N–H and O–H groups in total. The molecule has 5 nitrogen and oxygen atoms in total. The van der Waals surface area contributed by atoms with E-state index >= 15 is 4.39 Å². The summed E-state index contributed by atoms with van der Waals surface area (Å²) in [5, 5.41) is 2.83. The Kier molecular flexibility index (Phi) is 5.11. The Hall–Kier alpha value is -2.77. The molecular weight excluding hydrogens is 395 g/mol. The summed E-state index contributed by atoms with van der Waals surface area (Å²) in [7, 11) is 0. The van der Waals surface area contributed by atoms with Crippen LogP contribution in [0.5, 0.6) is 0 Å². The number of nitrogens with zero attached hydrogens (tertiary/aromatic N) is 1. The van der Waals surface area contributed by atoms with Crippen LogP contribution in [0.1, 0.15) is 53.6 Å². The number of hydrogen-bond acceptors (Lipinski definition) is 3. The first-order valence-corrected chi connectivity index (χ1v) is 10.1. The molecule has 1 heterocycles. The normalized spacial score (nSPS) is 22.4. The number of hydrogen-bond donors (Lipinski definition) is 2. The Morgan fingerprint density at radius 3 is 2.83 bits per heavy atom. The third kappa shape index (κ3) is 3.59. The molecule has 1 fully saturated rings. The van der Waals surface area contributed by atoms with E-state index in [1.54, 1.807) is 4.90 Å². The second-order valence-electron chi connectivity index (χ2n) is 8.26. The van der Waals surface area contributed by atoms with Gasteiger partial charge in [0.15, 0.2) is 0 Å². The van der Waals surface area contributed by atoms with Crippen molar-refractivity contribution in [3.8, 4) is 0 Å². The summed E-state index contributed by atoms with van der Waals surface area (Å²) in [4.78, 5) is 25.4. The largest absolute Gasteiger partial charge is 0.367 e. The Bertz CT molecular complexity index is 971. The van der Waals surface area contributed by atoms with Crippen molar-refractivity contribution in [2.24, 2.45) is 5.73 Å². The van der Waals surface area contributed by atoms with Gasteiger partial charge in [0.1, 0.15) is 5.82 Å². The maximum atomic E-state index is 15.3. The van der Waals surface area contributed by atoms with Crippen molar-refractivity contribution in [3.63, 3.8) is 0 Å². The minimum absolute atomic E-state index is 0.0532. The van der Waals surface area contributed by atoms with Gasteiger partial charge in [-0.25, -0.2) is 13.2 Å². The fourth-order valence-corrected chi connectivity index (χ4v) is 4.91. The van der Waals surface area contributed by atoms with Gasteiger partial charge in [0, 0.05) is 43.1 Å². The van der Waals surface area contributed by atoms with Crippen LogP contribution < -0.4 is 16.0 Å². The van der Waals surface area contributed by atoms with Crippen molar-refractivity contribution < 1.29 is 22.8 Å². The first-order valence-electron chi connectivity index (χ1n) is 10.1. The summed E-state index contributed by atoms with van der Waals surface area (Å²) in [6, 6.07) is 0.914. The molecule has 2 aliphatic carbocycles. The highest BCUT2D eigenvalue weighted by Gasteiger charge is 2.42. The summed E-state index contributed by atoms with van der Waals surface area (Å²) >= 11 is 0. The topological polar surface area (TPSA) is 75.4 Å². The maximum Gasteiger partial charge on any atom is 0.252 e. The standard InChI is InChI=1S/C22H24F3N3O2/c1-2-18(29)27-13-4-3-7-28(11-13)20-17(23)9-15(21(26)30)14-8-12-5-6-22(24,25)10-16(12)19(14)20/h2,9,13H,1,3-8,10-11H2,(H2,26,30)(H,27,29)/t13-/m0/s1. The van der Waals surface area contributed by atoms with E-state index in [9.17, 15) is 18.4 Å². The highest BCUT2D eigenvalue weighted by molar-refractivity contribution is 6.00. The summed E-state index contributed by atoms with van der Waals surface area (Å²) in [6.45, 7) is 4.31. The van der Waals surface area contributed by atoms with Gasteiger partial charge < -0.3 is 16.0 Å². The first kappa shape index (κ1) is 20.5. The molecule has 30 heavy (non-hydrogen) atoms. The van der Waals surface area contributed by atoms with Crippen LogP contribution in [0.3, 0.4) is 0 Å². The third-order valence-corrected chi connectivity index (χ3v) is 6.24. The fraction of sp³-hybridized carbons (Fsp3) is 0.455. The van der Waals surface area contributed by atoms with Crippen molar-refractivity contribution in [2.75, 3.05) is 18.0 Å². The number of benzene rings is 1. The molecule has 1 aromatic rings. The van der Waals surface area contributed by atoms with Gasteiger partial charge in [0.2, 0.25) is 11.8 Å². The molecule has 0 aromatic heterocycles. The number of carbonyl (C=O) groups is 2. The molecule has 0 saturated carbocycles. The molecule has 8 heteroatoms. The van der Waals surface area contributed by atoms with E-state index in [2.05, 4.69) is 11.9 Å². The number of nitrogens with two attached hydrogens (primary N) is 1. The van der Waals surface area contributed by atoms with Gasteiger partial charge >= 0.3 is 0 Å². The smallest absolute Gasteiger partial charge is 0.252 e. The van der Waals surface area contributed by atoms with E-state index in [1.165, 1.54) is 6.08 Å². The number of fused-ring (bicyclic) bond motifs is 2. The molecule has 160 valence electrons. The lowest BCUT2D eigenvalue weighted by molar-refractivity contribution is -0.117. The van der Waals surface area contributed by atoms with Crippen LogP contribution in [0.2, 0.25) is 0 Å². The molecule has 4 rings (SSSR count). The Balaban J connectivity index is 1.79. The number of halogens is 3. The predicted octanol–water partition coefficient (Wildman–Crippen LogP) is 3.32. The van der Waals surface area contributed by atoms with Crippen molar-refractivity contribution >= 4 is 23.1 Å². The SMILES string of the molecule is C=CC(=O)N[C@H]1CCCN(c2c(F)cc(C(N)=O)c3c2C2=C(CCC(F)(F)C2)C3)C1. The Morgan fingerprint density at radius 1 is 1.37 bits per heavy atom. The van der Waals surface area contributed by atoms with E-state index in [-0.39, 0.29) is 36.0 Å². The Labute approximate surface area is 172 Å². The number of rotatable bonds is 4. The zero-order chi connectivity index (χ0) is 21.6. The summed E-state index contributed by atoms with van der Waals surface area (Å²) < 4.78 is 43.7. The Morgan fingerprint density at radius 2 is 2.13 bits per heavy atom. The number of alkyl halides is 2. The van der Waals surface area contributed by atoms with Crippen LogP contribution in [0.15, 0.2) is 24.3 Å². The van der Waals surface area contributed by atoms with Crippen LogP contribution in [0, 0.1) is 5.82 Å². The highest BCUT2D eigenvalue weighted by Crippen LogP contribution is 2.51. The van der Waals surface area contributed by atoms with Gasteiger partial charge in [-0.3, -0.25) is 9.59 Å². The molecule has 0 spiro atoms. The lowest BCUT2D eigenvalue weighted by Gasteiger charge is -2.36. The fourth-order valence-electron chi connectivity index (χ4n) is 4.91. The molecule has 1 atom stereocenters. The average Bonchev–Trinajstić information content (AvgIpc) is 3.04. The van der Waals surface area contributed by atoms with Crippen molar-refractivity contribution in [3.05, 3.63) is 46.8 Å². The van der Waals surface area contributed by atoms with Gasteiger partial charge in [-0.2, -0.15) is 0 Å². The lowest BCUT2D eigenvalue weighted by atomic mass is 9.88. The van der Waals surface area contributed by atoms with E-state index < -0.39 is 24.1 Å². The minimum atomic E-state index is -2.86. The molecule has 0 bridgehead atoms. The quantitative estimate of drug-likeness (QED) is 0.736. The predicted molar refractivity (Wildman–Crippen MR) is 108 cm³/mol. The van der Waals surface area contributed by atoms with Gasteiger partial charge in [0.05, 0.1) is 5.69 Å². The molecule has 1 aliphatic heterocycles. The summed E-state index contributed by atoms with van der Waals surface area (Å²) in [5.41, 5.74) is 7.97. The van der Waals surface area contributed by atoms with E-state index in [1.807, 2.05) is 0 Å². The van der Waals surface area contributed by atoms with Crippen LogP contribution in [0.4, 0.5) is 18.9 Å². The molecular formula is C22H24F3N3O2. The number of anilines is 1. The van der Waals surface area contributed by atoms with E-state index in [0.29, 0.717) is 42.6 Å². The number of carbonyl (C=O) groups excluding carboxylic acids is 2. The number of nitrogens with one attached hydrogen (secondary N) is 1. The van der Waals surface area contributed by atoms with Gasteiger partial charge in [-0.1, -0.05) is 12.2 Å². The summed E-state index contributed by atoms with van der Waals surface area (Å²) in [5.74, 6) is -4.59. The van der Waals surface area contributed by atoms with Gasteiger partial charge in [0.25, 0.3) is 5.92 Å². The molecule has 0 radical (unpaired) electrons. The highest BCUT2D eigenvalue weighted by atomic mass is 19.3. The second-order valence-corrected chi connectivity index (χ2v) is 8.26. The number of amides is 2. The van der Waals surface area contributed by atoms with Gasteiger partial charge in [-0.15, -0.1) is 0 Å².